The number of imide groups is 1. The maximum atomic E-state index is 11.8. The fraction of sp³-hybridized carbons (Fsp3) is 0.280. The Labute approximate surface area is 195 Å². The van der Waals surface area contributed by atoms with Gasteiger partial charge in [-0.3, -0.25) is 14.5 Å². The van der Waals surface area contributed by atoms with Gasteiger partial charge in [-0.2, -0.15) is 0 Å². The number of carbonyl (C=O) groups excluding carboxylic acids is 2. The highest BCUT2D eigenvalue weighted by atomic mass is 16.5. The standard InChI is InChI=1S/C25H24N4O5/c1-14-15(2)28-19-5-4-16(10-17(14)19)34-25-18-11-21(32-3)22(12-20(18)26-13-27-25)33-9-8-29-23(30)6-7-24(29)31/h4-5,10-13,28H,6-9H2,1-3H3. The fourth-order valence-corrected chi connectivity index (χ4v) is 4.13. The van der Waals surface area contributed by atoms with Gasteiger partial charge in [-0.1, -0.05) is 0 Å². The second-order valence-electron chi connectivity index (χ2n) is 8.17. The lowest BCUT2D eigenvalue weighted by atomic mass is 10.1. The molecule has 1 aliphatic rings. The molecule has 2 aromatic heterocycles. The summed E-state index contributed by atoms with van der Waals surface area (Å²) in [7, 11) is 1.54. The first kappa shape index (κ1) is 21.7. The average Bonchev–Trinajstić information content (AvgIpc) is 3.31. The van der Waals surface area contributed by atoms with E-state index in [1.807, 2.05) is 25.1 Å². The molecule has 0 bridgehead atoms. The van der Waals surface area contributed by atoms with E-state index in [-0.39, 0.29) is 37.8 Å². The normalized spacial score (nSPS) is 13.8. The number of aryl methyl sites for hydroxylation is 2. The van der Waals surface area contributed by atoms with Crippen molar-refractivity contribution in [2.45, 2.75) is 26.7 Å². The monoisotopic (exact) mass is 460 g/mol. The van der Waals surface area contributed by atoms with E-state index in [9.17, 15) is 9.59 Å². The van der Waals surface area contributed by atoms with Gasteiger partial charge < -0.3 is 19.2 Å². The second kappa shape index (κ2) is 8.66. The molecule has 9 nitrogen and oxygen atoms in total. The van der Waals surface area contributed by atoms with Crippen LogP contribution in [0.3, 0.4) is 0 Å². The molecule has 0 unspecified atom stereocenters. The zero-order valence-electron chi connectivity index (χ0n) is 19.2. The molecule has 0 atom stereocenters. The van der Waals surface area contributed by atoms with Crippen LogP contribution in [0.5, 0.6) is 23.1 Å². The third-order valence-corrected chi connectivity index (χ3v) is 6.11. The summed E-state index contributed by atoms with van der Waals surface area (Å²) in [6.45, 7) is 4.46. The van der Waals surface area contributed by atoms with Crippen LogP contribution in [-0.4, -0.2) is 51.9 Å². The van der Waals surface area contributed by atoms with Crippen LogP contribution in [-0.2, 0) is 9.59 Å². The van der Waals surface area contributed by atoms with Crippen LogP contribution in [0.25, 0.3) is 21.8 Å². The first-order chi connectivity index (χ1) is 16.4. The number of aromatic nitrogens is 3. The van der Waals surface area contributed by atoms with Gasteiger partial charge in [-0.05, 0) is 43.7 Å². The quantitative estimate of drug-likeness (QED) is 0.415. The second-order valence-corrected chi connectivity index (χ2v) is 8.17. The molecule has 1 aliphatic heterocycles. The SMILES string of the molecule is COc1cc2c(Oc3ccc4[nH]c(C)c(C)c4c3)ncnc2cc1OCCN1C(=O)CCC1=O. The van der Waals surface area contributed by atoms with Crippen LogP contribution in [0.15, 0.2) is 36.7 Å². The zero-order chi connectivity index (χ0) is 23.8. The Balaban J connectivity index is 1.40. The molecular weight excluding hydrogens is 436 g/mol. The fourth-order valence-electron chi connectivity index (χ4n) is 4.13. The summed E-state index contributed by atoms with van der Waals surface area (Å²) in [5, 5.41) is 1.76. The van der Waals surface area contributed by atoms with Gasteiger partial charge in [0.15, 0.2) is 11.5 Å². The van der Waals surface area contributed by atoms with E-state index in [0.717, 1.165) is 16.6 Å². The highest BCUT2D eigenvalue weighted by Crippen LogP contribution is 2.36. The number of carbonyl (C=O) groups is 2. The van der Waals surface area contributed by atoms with Crippen LogP contribution in [0, 0.1) is 13.8 Å². The molecule has 0 radical (unpaired) electrons. The number of aromatic amines is 1. The number of hydrogen-bond acceptors (Lipinski definition) is 7. The summed E-state index contributed by atoms with van der Waals surface area (Å²) in [6, 6.07) is 9.35. The molecule has 0 aliphatic carbocycles. The van der Waals surface area contributed by atoms with Crippen molar-refractivity contribution in [3.63, 3.8) is 0 Å². The minimum absolute atomic E-state index is 0.156. The maximum absolute atomic E-state index is 11.8. The highest BCUT2D eigenvalue weighted by Gasteiger charge is 2.28. The molecule has 9 heteroatoms. The van der Waals surface area contributed by atoms with Crippen molar-refractivity contribution in [1.82, 2.24) is 19.9 Å². The van der Waals surface area contributed by atoms with Crippen LogP contribution < -0.4 is 14.2 Å². The highest BCUT2D eigenvalue weighted by molar-refractivity contribution is 6.01. The molecule has 1 saturated heterocycles. The largest absolute Gasteiger partial charge is 0.493 e. The topological polar surface area (TPSA) is 107 Å². The molecule has 1 N–H and O–H groups in total. The van der Waals surface area contributed by atoms with Crippen LogP contribution >= 0.6 is 0 Å². The first-order valence-corrected chi connectivity index (χ1v) is 11.0. The van der Waals surface area contributed by atoms with Crippen molar-refractivity contribution in [2.75, 3.05) is 20.3 Å². The molecule has 2 amide bonds. The van der Waals surface area contributed by atoms with E-state index in [2.05, 4.69) is 21.9 Å². The van der Waals surface area contributed by atoms with E-state index in [1.54, 1.807) is 12.1 Å². The molecule has 5 rings (SSSR count). The van der Waals surface area contributed by atoms with Crippen molar-refractivity contribution in [1.29, 1.82) is 0 Å². The number of ether oxygens (including phenoxy) is 3. The van der Waals surface area contributed by atoms with E-state index in [0.29, 0.717) is 34.0 Å². The summed E-state index contributed by atoms with van der Waals surface area (Å²) in [4.78, 5) is 36.9. The molecule has 2 aromatic carbocycles. The Hall–Kier alpha value is -4.14. The minimum atomic E-state index is -0.170. The molecular formula is C25H24N4O5. The molecule has 3 heterocycles. The summed E-state index contributed by atoms with van der Waals surface area (Å²) < 4.78 is 17.5. The average molecular weight is 460 g/mol. The summed E-state index contributed by atoms with van der Waals surface area (Å²) >= 11 is 0. The van der Waals surface area contributed by atoms with E-state index >= 15 is 0 Å². The van der Waals surface area contributed by atoms with Crippen molar-refractivity contribution in [2.24, 2.45) is 0 Å². The number of H-pyrrole nitrogens is 1. The van der Waals surface area contributed by atoms with Gasteiger partial charge in [0, 0.05) is 35.5 Å². The van der Waals surface area contributed by atoms with E-state index in [1.165, 1.54) is 23.9 Å². The van der Waals surface area contributed by atoms with Gasteiger partial charge in [-0.15, -0.1) is 0 Å². The predicted octanol–water partition coefficient (Wildman–Crippen LogP) is 4.06. The van der Waals surface area contributed by atoms with Crippen LogP contribution in [0.4, 0.5) is 0 Å². The number of methoxy groups -OCH3 is 1. The number of nitrogens with one attached hydrogen (secondary N) is 1. The molecule has 34 heavy (non-hydrogen) atoms. The van der Waals surface area contributed by atoms with Crippen molar-refractivity contribution in [3.05, 3.63) is 47.9 Å². The Morgan fingerprint density at radius 3 is 2.56 bits per heavy atom. The van der Waals surface area contributed by atoms with Gasteiger partial charge >= 0.3 is 0 Å². The third-order valence-electron chi connectivity index (χ3n) is 6.11. The number of benzene rings is 2. The molecule has 174 valence electrons. The van der Waals surface area contributed by atoms with E-state index in [4.69, 9.17) is 14.2 Å². The first-order valence-electron chi connectivity index (χ1n) is 11.0. The Kier molecular flexibility index (Phi) is 5.53. The summed E-state index contributed by atoms with van der Waals surface area (Å²) in [5.74, 6) is 1.65. The number of likely N-dealkylation sites (tertiary alicyclic amines) is 1. The Morgan fingerprint density at radius 2 is 1.79 bits per heavy atom. The van der Waals surface area contributed by atoms with Crippen molar-refractivity contribution >= 4 is 33.6 Å². The number of hydrogen-bond donors (Lipinski definition) is 1. The Morgan fingerprint density at radius 1 is 1.00 bits per heavy atom. The van der Waals surface area contributed by atoms with Gasteiger partial charge in [-0.25, -0.2) is 9.97 Å². The molecule has 0 saturated carbocycles. The number of nitrogens with zero attached hydrogens (tertiary/aromatic N) is 3. The lowest BCUT2D eigenvalue weighted by Gasteiger charge is -2.16. The van der Waals surface area contributed by atoms with Gasteiger partial charge in [0.1, 0.15) is 18.7 Å². The summed E-state index contributed by atoms with van der Waals surface area (Å²) in [6.07, 6.45) is 1.95. The molecule has 1 fully saturated rings. The summed E-state index contributed by atoms with van der Waals surface area (Å²) in [5.41, 5.74) is 3.96. The number of amides is 2. The maximum Gasteiger partial charge on any atom is 0.230 e. The third kappa shape index (κ3) is 3.89. The molecule has 0 spiro atoms. The number of rotatable bonds is 7. The Bertz CT molecular complexity index is 1410. The van der Waals surface area contributed by atoms with Crippen molar-refractivity contribution in [3.8, 4) is 23.1 Å². The molecule has 4 aromatic rings. The predicted molar refractivity (Wildman–Crippen MR) is 125 cm³/mol. The van der Waals surface area contributed by atoms with E-state index < -0.39 is 0 Å². The van der Waals surface area contributed by atoms with Crippen LogP contribution in [0.1, 0.15) is 24.1 Å². The van der Waals surface area contributed by atoms with Gasteiger partial charge in [0.25, 0.3) is 0 Å². The van der Waals surface area contributed by atoms with Crippen LogP contribution in [0.2, 0.25) is 0 Å². The lowest BCUT2D eigenvalue weighted by molar-refractivity contribution is -0.138. The van der Waals surface area contributed by atoms with Crippen molar-refractivity contribution < 1.29 is 23.8 Å². The van der Waals surface area contributed by atoms with Gasteiger partial charge in [0.05, 0.1) is 24.6 Å². The minimum Gasteiger partial charge on any atom is -0.493 e. The zero-order valence-corrected chi connectivity index (χ0v) is 19.2. The smallest absolute Gasteiger partial charge is 0.230 e. The van der Waals surface area contributed by atoms with Gasteiger partial charge in [0.2, 0.25) is 17.7 Å². The lowest BCUT2D eigenvalue weighted by Crippen LogP contribution is -2.33. The number of fused-ring (bicyclic) bond motifs is 2.